The Morgan fingerprint density at radius 3 is 1.94 bits per heavy atom. The van der Waals surface area contributed by atoms with Crippen molar-refractivity contribution in [3.8, 4) is 0 Å². The molecule has 1 aromatic rings. The predicted molar refractivity (Wildman–Crippen MR) is 66.8 cm³/mol. The van der Waals surface area contributed by atoms with Gasteiger partial charge in [0.1, 0.15) is 11.6 Å². The average molecular weight is 254 g/mol. The Morgan fingerprint density at radius 2 is 1.44 bits per heavy atom. The van der Waals surface area contributed by atoms with Gasteiger partial charge in [0.15, 0.2) is 0 Å². The van der Waals surface area contributed by atoms with Crippen LogP contribution in [0.15, 0.2) is 12.1 Å². The second kappa shape index (κ2) is 4.03. The van der Waals surface area contributed by atoms with E-state index in [4.69, 9.17) is 9.31 Å². The maximum Gasteiger partial charge on any atom is 0.497 e. The molecule has 0 aliphatic carbocycles. The summed E-state index contributed by atoms with van der Waals surface area (Å²) in [4.78, 5) is 0. The Kier molecular flexibility index (Phi) is 3.02. The van der Waals surface area contributed by atoms with Crippen molar-refractivity contribution >= 4 is 12.6 Å². The minimum atomic E-state index is -0.870. The van der Waals surface area contributed by atoms with Crippen LogP contribution in [0.3, 0.4) is 0 Å². The van der Waals surface area contributed by atoms with E-state index in [0.717, 1.165) is 12.1 Å². The highest BCUT2D eigenvalue weighted by molar-refractivity contribution is 6.62. The molecule has 2 rings (SSSR count). The molecule has 1 fully saturated rings. The zero-order chi connectivity index (χ0) is 13.7. The largest absolute Gasteiger partial charge is 0.497 e. The second-order valence-electron chi connectivity index (χ2n) is 5.71. The fourth-order valence-corrected chi connectivity index (χ4v) is 1.81. The molecular weight excluding hydrogens is 237 g/mol. The second-order valence-corrected chi connectivity index (χ2v) is 5.71. The standard InChI is InChI=1S/C13H17BF2O2/c1-8-6-11(16)9(7-10(8)15)14-17-12(2,3)13(4,5)18-14/h6-7H,1-5H3. The van der Waals surface area contributed by atoms with Gasteiger partial charge in [-0.1, -0.05) is 0 Å². The molecule has 1 saturated heterocycles. The summed E-state index contributed by atoms with van der Waals surface area (Å²) in [6.45, 7) is 9.00. The number of hydrogen-bond donors (Lipinski definition) is 0. The Morgan fingerprint density at radius 1 is 0.944 bits per heavy atom. The van der Waals surface area contributed by atoms with Crippen LogP contribution in [0.4, 0.5) is 8.78 Å². The fraction of sp³-hybridized carbons (Fsp3) is 0.538. The smallest absolute Gasteiger partial charge is 0.399 e. The summed E-state index contributed by atoms with van der Waals surface area (Å²) in [6, 6.07) is 2.31. The van der Waals surface area contributed by atoms with Gasteiger partial charge in [-0.05, 0) is 52.3 Å². The number of halogens is 2. The molecule has 2 nitrogen and oxygen atoms in total. The summed E-state index contributed by atoms with van der Waals surface area (Å²) in [5.74, 6) is -0.964. The maximum atomic E-state index is 13.9. The normalized spacial score (nSPS) is 21.4. The highest BCUT2D eigenvalue weighted by Gasteiger charge is 2.52. The molecule has 1 heterocycles. The first-order valence-corrected chi connectivity index (χ1v) is 5.95. The van der Waals surface area contributed by atoms with Crippen molar-refractivity contribution in [2.24, 2.45) is 0 Å². The Hall–Kier alpha value is -0.935. The van der Waals surface area contributed by atoms with Crippen molar-refractivity contribution in [2.45, 2.75) is 45.8 Å². The summed E-state index contributed by atoms with van der Waals surface area (Å²) in [7, 11) is -0.870. The van der Waals surface area contributed by atoms with E-state index in [-0.39, 0.29) is 11.0 Å². The third-order valence-corrected chi connectivity index (χ3v) is 3.79. The molecule has 1 aromatic carbocycles. The van der Waals surface area contributed by atoms with Crippen molar-refractivity contribution in [3.63, 3.8) is 0 Å². The molecule has 0 spiro atoms. The molecular formula is C13H17BF2O2. The molecule has 0 atom stereocenters. The highest BCUT2D eigenvalue weighted by Crippen LogP contribution is 2.36. The Bertz CT molecular complexity index is 470. The molecule has 0 unspecified atom stereocenters. The van der Waals surface area contributed by atoms with Crippen LogP contribution >= 0.6 is 0 Å². The third kappa shape index (κ3) is 2.06. The molecule has 0 aromatic heterocycles. The molecule has 0 bridgehead atoms. The van der Waals surface area contributed by atoms with Crippen LogP contribution in [0.5, 0.6) is 0 Å². The summed E-state index contributed by atoms with van der Waals surface area (Å²) in [5.41, 5.74) is -0.749. The molecule has 18 heavy (non-hydrogen) atoms. The molecule has 0 saturated carbocycles. The van der Waals surface area contributed by atoms with Crippen LogP contribution < -0.4 is 5.46 Å². The molecule has 1 aliphatic heterocycles. The van der Waals surface area contributed by atoms with Gasteiger partial charge >= 0.3 is 7.12 Å². The van der Waals surface area contributed by atoms with Gasteiger partial charge in [-0.3, -0.25) is 0 Å². The summed E-state index contributed by atoms with van der Waals surface area (Å²) < 4.78 is 38.8. The predicted octanol–water partition coefficient (Wildman–Crippen LogP) is 2.57. The molecule has 0 amide bonds. The minimum absolute atomic E-state index is 0.108. The van der Waals surface area contributed by atoms with E-state index in [1.807, 2.05) is 27.7 Å². The van der Waals surface area contributed by atoms with Gasteiger partial charge in [0.25, 0.3) is 0 Å². The Balaban J connectivity index is 2.38. The number of aryl methyl sites for hydroxylation is 1. The van der Waals surface area contributed by atoms with Gasteiger partial charge in [-0.15, -0.1) is 0 Å². The SMILES string of the molecule is Cc1cc(F)c(B2OC(C)(C)C(C)(C)O2)cc1F. The number of benzene rings is 1. The van der Waals surface area contributed by atoms with Gasteiger partial charge < -0.3 is 9.31 Å². The first-order chi connectivity index (χ1) is 8.14. The van der Waals surface area contributed by atoms with Gasteiger partial charge in [0.2, 0.25) is 0 Å². The van der Waals surface area contributed by atoms with E-state index in [1.54, 1.807) is 0 Å². The first kappa shape index (κ1) is 13.5. The molecule has 5 heteroatoms. The fourth-order valence-electron chi connectivity index (χ4n) is 1.81. The summed E-state index contributed by atoms with van der Waals surface area (Å²) in [6.07, 6.45) is 0. The highest BCUT2D eigenvalue weighted by atomic mass is 19.1. The third-order valence-electron chi connectivity index (χ3n) is 3.79. The lowest BCUT2D eigenvalue weighted by Crippen LogP contribution is -2.41. The summed E-state index contributed by atoms with van der Waals surface area (Å²) in [5, 5.41) is 0. The van der Waals surface area contributed by atoms with E-state index in [1.165, 1.54) is 6.92 Å². The van der Waals surface area contributed by atoms with Crippen molar-refractivity contribution in [1.29, 1.82) is 0 Å². The van der Waals surface area contributed by atoms with Crippen molar-refractivity contribution in [1.82, 2.24) is 0 Å². The molecule has 98 valence electrons. The van der Waals surface area contributed by atoms with Crippen LogP contribution in [0, 0.1) is 18.6 Å². The molecule has 0 radical (unpaired) electrons. The summed E-state index contributed by atoms with van der Waals surface area (Å²) >= 11 is 0. The Labute approximate surface area is 106 Å². The average Bonchev–Trinajstić information content (AvgIpc) is 2.42. The van der Waals surface area contributed by atoms with Crippen LogP contribution in [0.25, 0.3) is 0 Å². The van der Waals surface area contributed by atoms with Crippen LogP contribution in [-0.2, 0) is 9.31 Å². The quantitative estimate of drug-likeness (QED) is 0.717. The van der Waals surface area contributed by atoms with Crippen LogP contribution in [-0.4, -0.2) is 18.3 Å². The van der Waals surface area contributed by atoms with Crippen molar-refractivity contribution < 1.29 is 18.1 Å². The number of rotatable bonds is 1. The minimum Gasteiger partial charge on any atom is -0.399 e. The first-order valence-electron chi connectivity index (χ1n) is 5.95. The van der Waals surface area contributed by atoms with Crippen molar-refractivity contribution in [3.05, 3.63) is 29.3 Å². The van der Waals surface area contributed by atoms with Crippen molar-refractivity contribution in [2.75, 3.05) is 0 Å². The molecule has 1 aliphatic rings. The van der Waals surface area contributed by atoms with E-state index < -0.39 is 30.0 Å². The van der Waals surface area contributed by atoms with E-state index in [2.05, 4.69) is 0 Å². The lowest BCUT2D eigenvalue weighted by molar-refractivity contribution is 0.00578. The van der Waals surface area contributed by atoms with Gasteiger partial charge in [-0.2, -0.15) is 0 Å². The zero-order valence-corrected chi connectivity index (χ0v) is 11.3. The zero-order valence-electron chi connectivity index (χ0n) is 11.3. The molecule has 0 N–H and O–H groups in total. The van der Waals surface area contributed by atoms with Crippen LogP contribution in [0.2, 0.25) is 0 Å². The monoisotopic (exact) mass is 254 g/mol. The van der Waals surface area contributed by atoms with E-state index in [9.17, 15) is 8.78 Å². The van der Waals surface area contributed by atoms with E-state index >= 15 is 0 Å². The van der Waals surface area contributed by atoms with E-state index in [0.29, 0.717) is 0 Å². The maximum absolute atomic E-state index is 13.9. The lowest BCUT2D eigenvalue weighted by Gasteiger charge is -2.32. The van der Waals surface area contributed by atoms with Crippen LogP contribution in [0.1, 0.15) is 33.3 Å². The lowest BCUT2D eigenvalue weighted by atomic mass is 9.78. The number of hydrogen-bond acceptors (Lipinski definition) is 2. The van der Waals surface area contributed by atoms with Gasteiger partial charge in [-0.25, -0.2) is 8.78 Å². The van der Waals surface area contributed by atoms with Gasteiger partial charge in [0.05, 0.1) is 11.2 Å². The van der Waals surface area contributed by atoms with Gasteiger partial charge in [0, 0.05) is 5.46 Å². The topological polar surface area (TPSA) is 18.5 Å².